The zero-order valence-corrected chi connectivity index (χ0v) is 17.7. The molecule has 31 heavy (non-hydrogen) atoms. The number of anilines is 2. The van der Waals surface area contributed by atoms with Gasteiger partial charge in [0, 0.05) is 31.1 Å². The predicted octanol–water partition coefficient (Wildman–Crippen LogP) is 2.47. The van der Waals surface area contributed by atoms with Gasteiger partial charge >= 0.3 is 6.09 Å². The highest BCUT2D eigenvalue weighted by atomic mass is 16.6. The Kier molecular flexibility index (Phi) is 5.15. The van der Waals surface area contributed by atoms with E-state index in [1.165, 1.54) is 0 Å². The van der Waals surface area contributed by atoms with Crippen molar-refractivity contribution in [2.45, 2.75) is 25.9 Å². The number of hydrogen-bond donors (Lipinski definition) is 0. The molecule has 0 radical (unpaired) electrons. The van der Waals surface area contributed by atoms with E-state index in [-0.39, 0.29) is 23.9 Å². The Labute approximate surface area is 180 Å². The zero-order chi connectivity index (χ0) is 21.5. The standard InChI is InChI=1S/C22H26N4O5/c1-14-7-24(22(28)31-11-16-9-29-10-16)21-5-17(3-4-20(21)26(14)15(2)27)18-6-23-25(8-18)19-12-30-13-19/h3-6,8,14,16,19H,7,9-13H2,1-2H3/t14-/m0/s1. The van der Waals surface area contributed by atoms with Crippen molar-refractivity contribution in [2.24, 2.45) is 5.92 Å². The van der Waals surface area contributed by atoms with Crippen LogP contribution in [0.5, 0.6) is 0 Å². The molecule has 1 aromatic carbocycles. The van der Waals surface area contributed by atoms with Crippen LogP contribution in [0.15, 0.2) is 30.6 Å². The second-order valence-corrected chi connectivity index (χ2v) is 8.43. The van der Waals surface area contributed by atoms with Crippen LogP contribution in [0.4, 0.5) is 16.2 Å². The van der Waals surface area contributed by atoms with Gasteiger partial charge in [-0.15, -0.1) is 0 Å². The summed E-state index contributed by atoms with van der Waals surface area (Å²) in [5.74, 6) is 0.200. The third-order valence-corrected chi connectivity index (χ3v) is 6.05. The average Bonchev–Trinajstić information content (AvgIpc) is 3.13. The maximum atomic E-state index is 12.9. The Morgan fingerprint density at radius 1 is 1.13 bits per heavy atom. The van der Waals surface area contributed by atoms with Gasteiger partial charge in [0.1, 0.15) is 6.61 Å². The maximum Gasteiger partial charge on any atom is 0.414 e. The fourth-order valence-electron chi connectivity index (χ4n) is 4.17. The number of rotatable bonds is 4. The molecule has 0 bridgehead atoms. The van der Waals surface area contributed by atoms with Crippen LogP contribution in [0.1, 0.15) is 19.9 Å². The normalized spacial score (nSPS) is 21.3. The number of carbonyl (C=O) groups is 2. The highest BCUT2D eigenvalue weighted by molar-refractivity contribution is 6.03. The first kappa shape index (κ1) is 20.0. The highest BCUT2D eigenvalue weighted by Gasteiger charge is 2.35. The molecule has 2 aromatic rings. The van der Waals surface area contributed by atoms with Crippen molar-refractivity contribution in [3.63, 3.8) is 0 Å². The van der Waals surface area contributed by atoms with E-state index in [0.717, 1.165) is 11.1 Å². The quantitative estimate of drug-likeness (QED) is 0.747. The van der Waals surface area contributed by atoms with Gasteiger partial charge in [0.2, 0.25) is 5.91 Å². The van der Waals surface area contributed by atoms with Crippen molar-refractivity contribution in [3.8, 4) is 11.1 Å². The van der Waals surface area contributed by atoms with Crippen molar-refractivity contribution in [1.82, 2.24) is 9.78 Å². The van der Waals surface area contributed by atoms with Gasteiger partial charge in [0.15, 0.2) is 0 Å². The number of benzene rings is 1. The van der Waals surface area contributed by atoms with Crippen molar-refractivity contribution < 1.29 is 23.8 Å². The zero-order valence-electron chi connectivity index (χ0n) is 17.7. The Balaban J connectivity index is 1.46. The fraction of sp³-hybridized carbons (Fsp3) is 0.500. The predicted molar refractivity (Wildman–Crippen MR) is 113 cm³/mol. The average molecular weight is 426 g/mol. The van der Waals surface area contributed by atoms with Gasteiger partial charge in [-0.2, -0.15) is 5.10 Å². The molecule has 9 nitrogen and oxygen atoms in total. The summed E-state index contributed by atoms with van der Waals surface area (Å²) in [5.41, 5.74) is 3.25. The molecular formula is C22H26N4O5. The molecule has 5 rings (SSSR count). The summed E-state index contributed by atoms with van der Waals surface area (Å²) in [6, 6.07) is 5.90. The van der Waals surface area contributed by atoms with Gasteiger partial charge in [-0.25, -0.2) is 4.79 Å². The van der Waals surface area contributed by atoms with Crippen molar-refractivity contribution in [3.05, 3.63) is 30.6 Å². The molecule has 0 saturated carbocycles. The lowest BCUT2D eigenvalue weighted by atomic mass is 10.0. The molecular weight excluding hydrogens is 400 g/mol. The SMILES string of the molecule is CC(=O)N1c2ccc(-c3cnn(C4COC4)c3)cc2N(C(=O)OCC2COC2)C[C@@H]1C. The Morgan fingerprint density at radius 3 is 2.55 bits per heavy atom. The second kappa shape index (κ2) is 7.97. The van der Waals surface area contributed by atoms with Crippen LogP contribution in [0, 0.1) is 5.92 Å². The summed E-state index contributed by atoms with van der Waals surface area (Å²) >= 11 is 0. The number of nitrogens with zero attached hydrogens (tertiary/aromatic N) is 4. The molecule has 2 saturated heterocycles. The van der Waals surface area contributed by atoms with E-state index in [9.17, 15) is 9.59 Å². The maximum absolute atomic E-state index is 12.9. The van der Waals surface area contributed by atoms with Crippen molar-refractivity contribution in [2.75, 3.05) is 49.4 Å². The van der Waals surface area contributed by atoms with E-state index in [2.05, 4.69) is 5.10 Å². The minimum absolute atomic E-state index is 0.0565. The molecule has 0 spiro atoms. The Morgan fingerprint density at radius 2 is 1.90 bits per heavy atom. The molecule has 0 N–H and O–H groups in total. The van der Waals surface area contributed by atoms with Gasteiger partial charge < -0.3 is 19.1 Å². The minimum Gasteiger partial charge on any atom is -0.449 e. The molecule has 2 amide bonds. The smallest absolute Gasteiger partial charge is 0.414 e. The third kappa shape index (κ3) is 3.68. The lowest BCUT2D eigenvalue weighted by Gasteiger charge is -2.40. The number of carbonyl (C=O) groups excluding carboxylic acids is 2. The van der Waals surface area contributed by atoms with Gasteiger partial charge in [-0.3, -0.25) is 14.4 Å². The van der Waals surface area contributed by atoms with Crippen LogP contribution in [0.2, 0.25) is 0 Å². The topological polar surface area (TPSA) is 86.1 Å². The van der Waals surface area contributed by atoms with E-state index >= 15 is 0 Å². The summed E-state index contributed by atoms with van der Waals surface area (Å²) in [5, 5.41) is 4.46. The molecule has 0 aliphatic carbocycles. The molecule has 164 valence electrons. The summed E-state index contributed by atoms with van der Waals surface area (Å²) in [4.78, 5) is 28.6. The fourth-order valence-corrected chi connectivity index (χ4v) is 4.17. The number of hydrogen-bond acceptors (Lipinski definition) is 6. The van der Waals surface area contributed by atoms with Crippen LogP contribution in [-0.2, 0) is 19.0 Å². The summed E-state index contributed by atoms with van der Waals surface area (Å²) < 4.78 is 17.9. The Bertz CT molecular complexity index is 998. The first-order valence-electron chi connectivity index (χ1n) is 10.6. The van der Waals surface area contributed by atoms with Gasteiger partial charge in [-0.05, 0) is 24.6 Å². The van der Waals surface area contributed by atoms with E-state index in [4.69, 9.17) is 14.2 Å². The van der Waals surface area contributed by atoms with E-state index in [1.54, 1.807) is 16.7 Å². The molecule has 4 heterocycles. The van der Waals surface area contributed by atoms with Crippen molar-refractivity contribution in [1.29, 1.82) is 0 Å². The lowest BCUT2D eigenvalue weighted by Crippen LogP contribution is -2.51. The molecule has 9 heteroatoms. The van der Waals surface area contributed by atoms with E-state index < -0.39 is 6.09 Å². The molecule has 1 atom stereocenters. The van der Waals surface area contributed by atoms with E-state index in [1.807, 2.05) is 42.2 Å². The number of aromatic nitrogens is 2. The number of amides is 2. The number of ether oxygens (including phenoxy) is 3. The van der Waals surface area contributed by atoms with Crippen LogP contribution >= 0.6 is 0 Å². The lowest BCUT2D eigenvalue weighted by molar-refractivity contribution is -0.117. The first-order valence-corrected chi connectivity index (χ1v) is 10.6. The van der Waals surface area contributed by atoms with Gasteiger partial charge in [-0.1, -0.05) is 6.07 Å². The molecule has 0 unspecified atom stereocenters. The van der Waals surface area contributed by atoms with Crippen LogP contribution in [0.3, 0.4) is 0 Å². The van der Waals surface area contributed by atoms with Crippen molar-refractivity contribution >= 4 is 23.4 Å². The highest BCUT2D eigenvalue weighted by Crippen LogP contribution is 2.39. The Hall–Kier alpha value is -2.91. The van der Waals surface area contributed by atoms with Gasteiger partial charge in [0.05, 0.1) is 56.1 Å². The third-order valence-electron chi connectivity index (χ3n) is 6.05. The monoisotopic (exact) mass is 426 g/mol. The largest absolute Gasteiger partial charge is 0.449 e. The molecule has 3 aliphatic heterocycles. The molecule has 3 aliphatic rings. The molecule has 2 fully saturated rings. The minimum atomic E-state index is -0.400. The second-order valence-electron chi connectivity index (χ2n) is 8.43. The van der Waals surface area contributed by atoms with Crippen LogP contribution in [0.25, 0.3) is 11.1 Å². The summed E-state index contributed by atoms with van der Waals surface area (Å²) in [6.07, 6.45) is 3.40. The number of fused-ring (bicyclic) bond motifs is 1. The first-order chi connectivity index (χ1) is 15.0. The van der Waals surface area contributed by atoms with Crippen LogP contribution in [-0.4, -0.2) is 67.4 Å². The van der Waals surface area contributed by atoms with Crippen LogP contribution < -0.4 is 9.80 Å². The summed E-state index contributed by atoms with van der Waals surface area (Å²) in [7, 11) is 0. The van der Waals surface area contributed by atoms with Gasteiger partial charge in [0.25, 0.3) is 0 Å². The summed E-state index contributed by atoms with van der Waals surface area (Å²) in [6.45, 7) is 6.77. The van der Waals surface area contributed by atoms with E-state index in [0.29, 0.717) is 51.0 Å². The molecule has 1 aromatic heterocycles.